The predicted molar refractivity (Wildman–Crippen MR) is 53.9 cm³/mol. The van der Waals surface area contributed by atoms with E-state index in [1.54, 1.807) is 13.0 Å². The summed E-state index contributed by atoms with van der Waals surface area (Å²) in [4.78, 5) is 0. The summed E-state index contributed by atoms with van der Waals surface area (Å²) in [6.45, 7) is 3.40. The molecular formula is C11H13F2N. The topological polar surface area (TPSA) is 26.0 Å². The van der Waals surface area contributed by atoms with Crippen molar-refractivity contribution < 1.29 is 8.78 Å². The first-order valence-corrected chi connectivity index (χ1v) is 4.39. The molecule has 1 nitrogen and oxygen atoms in total. The quantitative estimate of drug-likeness (QED) is 0.774. The maximum atomic E-state index is 13.5. The van der Waals surface area contributed by atoms with Crippen LogP contribution >= 0.6 is 0 Å². The summed E-state index contributed by atoms with van der Waals surface area (Å²) in [5, 5.41) is 0. The van der Waals surface area contributed by atoms with Crippen molar-refractivity contribution >= 4 is 6.08 Å². The number of halogens is 2. The molecule has 0 amide bonds. The van der Waals surface area contributed by atoms with Gasteiger partial charge in [0.1, 0.15) is 11.6 Å². The zero-order valence-corrected chi connectivity index (χ0v) is 8.27. The number of hydrogen-bond donors (Lipinski definition) is 1. The lowest BCUT2D eigenvalue weighted by atomic mass is 10.0. The van der Waals surface area contributed by atoms with Crippen molar-refractivity contribution in [2.45, 2.75) is 13.8 Å². The van der Waals surface area contributed by atoms with Crippen molar-refractivity contribution in [2.75, 3.05) is 6.54 Å². The summed E-state index contributed by atoms with van der Waals surface area (Å²) in [6.07, 6.45) is 3.12. The van der Waals surface area contributed by atoms with Crippen LogP contribution in [0, 0.1) is 25.5 Å². The Balaban J connectivity index is 3.32. The molecule has 0 unspecified atom stereocenters. The lowest BCUT2D eigenvalue weighted by molar-refractivity contribution is 0.582. The van der Waals surface area contributed by atoms with Crippen LogP contribution in [-0.2, 0) is 0 Å². The first kappa shape index (κ1) is 10.9. The lowest BCUT2D eigenvalue weighted by Crippen LogP contribution is -1.97. The zero-order valence-electron chi connectivity index (χ0n) is 8.27. The molecule has 14 heavy (non-hydrogen) atoms. The molecule has 1 rings (SSSR count). The molecule has 2 N–H and O–H groups in total. The third-order valence-electron chi connectivity index (χ3n) is 2.11. The molecule has 0 aromatic heterocycles. The van der Waals surface area contributed by atoms with E-state index in [0.717, 1.165) is 0 Å². The molecule has 1 aromatic carbocycles. The van der Waals surface area contributed by atoms with Gasteiger partial charge in [0.15, 0.2) is 0 Å². The second-order valence-electron chi connectivity index (χ2n) is 3.17. The molecule has 0 fully saturated rings. The average molecular weight is 197 g/mol. The van der Waals surface area contributed by atoms with Crippen LogP contribution in [0.4, 0.5) is 8.78 Å². The number of aryl methyl sites for hydroxylation is 1. The van der Waals surface area contributed by atoms with Gasteiger partial charge < -0.3 is 5.73 Å². The van der Waals surface area contributed by atoms with Crippen LogP contribution in [0.3, 0.4) is 0 Å². The Bertz CT molecular complexity index is 344. The molecule has 1 aromatic rings. The standard InChI is InChI=1S/C11H13F2N/c1-7-6-10(12)8(2)9(11(7)13)4-3-5-14/h3-4,6H,5,14H2,1-2H3/b4-3+. The lowest BCUT2D eigenvalue weighted by Gasteiger charge is -2.06. The van der Waals surface area contributed by atoms with E-state index in [2.05, 4.69) is 0 Å². The van der Waals surface area contributed by atoms with Gasteiger partial charge in [-0.3, -0.25) is 0 Å². The molecular weight excluding hydrogens is 184 g/mol. The second-order valence-corrected chi connectivity index (χ2v) is 3.17. The third kappa shape index (κ3) is 1.99. The van der Waals surface area contributed by atoms with Gasteiger partial charge in [-0.15, -0.1) is 0 Å². The molecule has 0 aliphatic heterocycles. The number of benzene rings is 1. The largest absolute Gasteiger partial charge is 0.327 e. The van der Waals surface area contributed by atoms with E-state index >= 15 is 0 Å². The van der Waals surface area contributed by atoms with Gasteiger partial charge in [-0.2, -0.15) is 0 Å². The van der Waals surface area contributed by atoms with Gasteiger partial charge in [-0.1, -0.05) is 12.2 Å². The van der Waals surface area contributed by atoms with Gasteiger partial charge in [0, 0.05) is 12.1 Å². The summed E-state index contributed by atoms with van der Waals surface area (Å²) in [5.74, 6) is -0.769. The molecule has 0 saturated heterocycles. The zero-order chi connectivity index (χ0) is 10.7. The number of rotatable bonds is 2. The van der Waals surface area contributed by atoms with Crippen LogP contribution in [0.15, 0.2) is 12.1 Å². The van der Waals surface area contributed by atoms with E-state index in [1.807, 2.05) is 0 Å². The van der Waals surface area contributed by atoms with Crippen molar-refractivity contribution in [3.8, 4) is 0 Å². The van der Waals surface area contributed by atoms with Crippen molar-refractivity contribution in [3.05, 3.63) is 40.5 Å². The first-order valence-electron chi connectivity index (χ1n) is 4.39. The molecule has 3 heteroatoms. The molecule has 0 aliphatic carbocycles. The number of nitrogens with two attached hydrogens (primary N) is 1. The molecule has 0 spiro atoms. The van der Waals surface area contributed by atoms with Gasteiger partial charge in [-0.25, -0.2) is 8.78 Å². The van der Waals surface area contributed by atoms with Crippen LogP contribution in [0.25, 0.3) is 6.08 Å². The van der Waals surface area contributed by atoms with E-state index in [1.165, 1.54) is 19.1 Å². The Morgan fingerprint density at radius 1 is 1.36 bits per heavy atom. The molecule has 76 valence electrons. The van der Waals surface area contributed by atoms with Crippen LogP contribution in [-0.4, -0.2) is 6.54 Å². The highest BCUT2D eigenvalue weighted by atomic mass is 19.1. The van der Waals surface area contributed by atoms with Crippen molar-refractivity contribution in [1.82, 2.24) is 0 Å². The fourth-order valence-electron chi connectivity index (χ4n) is 1.25. The Hall–Kier alpha value is -1.22. The maximum absolute atomic E-state index is 13.5. The summed E-state index contributed by atoms with van der Waals surface area (Å²) in [7, 11) is 0. The van der Waals surface area contributed by atoms with Crippen molar-refractivity contribution in [3.63, 3.8) is 0 Å². The highest BCUT2D eigenvalue weighted by Crippen LogP contribution is 2.21. The molecule has 0 heterocycles. The smallest absolute Gasteiger partial charge is 0.133 e. The fraction of sp³-hybridized carbons (Fsp3) is 0.273. The molecule has 0 radical (unpaired) electrons. The first-order chi connectivity index (χ1) is 6.57. The van der Waals surface area contributed by atoms with Crippen LogP contribution in [0.1, 0.15) is 16.7 Å². The summed E-state index contributed by atoms with van der Waals surface area (Å²) < 4.78 is 26.7. The normalized spacial score (nSPS) is 11.2. The molecule has 0 atom stereocenters. The Morgan fingerprint density at radius 3 is 2.57 bits per heavy atom. The minimum atomic E-state index is -0.388. The van der Waals surface area contributed by atoms with Crippen molar-refractivity contribution in [1.29, 1.82) is 0 Å². The second kappa shape index (κ2) is 4.33. The third-order valence-corrected chi connectivity index (χ3v) is 2.11. The Labute approximate surface area is 82.2 Å². The van der Waals surface area contributed by atoms with E-state index in [4.69, 9.17) is 5.73 Å². The molecule has 0 aliphatic rings. The van der Waals surface area contributed by atoms with E-state index < -0.39 is 0 Å². The Kier molecular flexibility index (Phi) is 3.36. The van der Waals surface area contributed by atoms with Gasteiger partial charge in [0.25, 0.3) is 0 Å². The van der Waals surface area contributed by atoms with Gasteiger partial charge in [0.05, 0.1) is 0 Å². The van der Waals surface area contributed by atoms with Crippen LogP contribution in [0.2, 0.25) is 0 Å². The highest BCUT2D eigenvalue weighted by Gasteiger charge is 2.10. The Morgan fingerprint density at radius 2 is 2.00 bits per heavy atom. The predicted octanol–water partition coefficient (Wildman–Crippen LogP) is 2.55. The van der Waals surface area contributed by atoms with E-state index in [-0.39, 0.29) is 17.2 Å². The monoisotopic (exact) mass is 197 g/mol. The van der Waals surface area contributed by atoms with Gasteiger partial charge in [0.2, 0.25) is 0 Å². The SMILES string of the molecule is Cc1cc(F)c(C)c(/C=C/CN)c1F. The summed E-state index contributed by atoms with van der Waals surface area (Å²) >= 11 is 0. The van der Waals surface area contributed by atoms with Gasteiger partial charge >= 0.3 is 0 Å². The number of hydrogen-bond acceptors (Lipinski definition) is 1. The minimum absolute atomic E-state index is 0.285. The molecule has 0 bridgehead atoms. The average Bonchev–Trinajstić information content (AvgIpc) is 2.15. The maximum Gasteiger partial charge on any atom is 0.133 e. The molecule has 0 saturated carbocycles. The minimum Gasteiger partial charge on any atom is -0.327 e. The van der Waals surface area contributed by atoms with Crippen molar-refractivity contribution in [2.24, 2.45) is 5.73 Å². The summed E-state index contributed by atoms with van der Waals surface area (Å²) in [6, 6.07) is 1.20. The van der Waals surface area contributed by atoms with Crippen LogP contribution < -0.4 is 5.73 Å². The van der Waals surface area contributed by atoms with Gasteiger partial charge in [-0.05, 0) is 31.0 Å². The fourth-order valence-corrected chi connectivity index (χ4v) is 1.25. The van der Waals surface area contributed by atoms with E-state index in [0.29, 0.717) is 17.7 Å². The summed E-state index contributed by atoms with van der Waals surface area (Å²) in [5.41, 5.74) is 6.16. The highest BCUT2D eigenvalue weighted by molar-refractivity contribution is 5.56. The van der Waals surface area contributed by atoms with E-state index in [9.17, 15) is 8.78 Å². The van der Waals surface area contributed by atoms with Crippen LogP contribution in [0.5, 0.6) is 0 Å².